The molecule has 0 aliphatic carbocycles. The van der Waals surface area contributed by atoms with Gasteiger partial charge in [0.25, 0.3) is 0 Å². The van der Waals surface area contributed by atoms with E-state index in [4.69, 9.17) is 4.74 Å². The van der Waals surface area contributed by atoms with Crippen LogP contribution >= 0.6 is 0 Å². The molecule has 0 aliphatic heterocycles. The molecule has 0 rings (SSSR count). The zero-order valence-corrected chi connectivity index (χ0v) is 14.7. The molecule has 20 heavy (non-hydrogen) atoms. The maximum atomic E-state index is 6.03. The Labute approximate surface area is 128 Å². The summed E-state index contributed by atoms with van der Waals surface area (Å²) in [6.07, 6.45) is 10.6. The summed E-state index contributed by atoms with van der Waals surface area (Å²) in [6.45, 7) is 13.2. The lowest BCUT2D eigenvalue weighted by Crippen LogP contribution is -2.43. The van der Waals surface area contributed by atoms with Crippen molar-refractivity contribution in [2.45, 2.75) is 98.1 Å². The highest BCUT2D eigenvalue weighted by Gasteiger charge is 2.23. The third-order valence-corrected chi connectivity index (χ3v) is 4.19. The average molecular weight is 286 g/mol. The van der Waals surface area contributed by atoms with Crippen molar-refractivity contribution in [2.24, 2.45) is 5.92 Å². The number of ether oxygens (including phenoxy) is 1. The van der Waals surface area contributed by atoms with Crippen molar-refractivity contribution < 1.29 is 4.74 Å². The van der Waals surface area contributed by atoms with Crippen LogP contribution in [0.1, 0.15) is 86.0 Å². The first-order valence-electron chi connectivity index (χ1n) is 9.08. The van der Waals surface area contributed by atoms with Crippen molar-refractivity contribution >= 4 is 0 Å². The summed E-state index contributed by atoms with van der Waals surface area (Å²) in [5, 5.41) is 3.76. The highest BCUT2D eigenvalue weighted by molar-refractivity contribution is 4.80. The Morgan fingerprint density at radius 1 is 0.900 bits per heavy atom. The predicted molar refractivity (Wildman–Crippen MR) is 90.3 cm³/mol. The fraction of sp³-hybridized carbons (Fsp3) is 1.00. The SMILES string of the molecule is CCCCC(CC)CC(NCCC)C(CCC)OCC. The van der Waals surface area contributed by atoms with Crippen LogP contribution in [0, 0.1) is 5.92 Å². The molecule has 0 aromatic heterocycles. The van der Waals surface area contributed by atoms with E-state index < -0.39 is 0 Å². The largest absolute Gasteiger partial charge is 0.377 e. The molecular weight excluding hydrogens is 246 g/mol. The lowest BCUT2D eigenvalue weighted by Gasteiger charge is -2.31. The van der Waals surface area contributed by atoms with E-state index in [1.807, 2.05) is 0 Å². The Bertz CT molecular complexity index is 190. The zero-order valence-electron chi connectivity index (χ0n) is 14.7. The van der Waals surface area contributed by atoms with E-state index in [-0.39, 0.29) is 0 Å². The molecule has 0 heterocycles. The average Bonchev–Trinajstić information content (AvgIpc) is 2.46. The second kappa shape index (κ2) is 13.9. The predicted octanol–water partition coefficient (Wildman–Crippen LogP) is 5.17. The van der Waals surface area contributed by atoms with Gasteiger partial charge < -0.3 is 10.1 Å². The summed E-state index contributed by atoms with van der Waals surface area (Å²) in [5.41, 5.74) is 0. The van der Waals surface area contributed by atoms with Crippen LogP contribution in [0.15, 0.2) is 0 Å². The Morgan fingerprint density at radius 3 is 2.15 bits per heavy atom. The summed E-state index contributed by atoms with van der Waals surface area (Å²) in [5.74, 6) is 0.851. The van der Waals surface area contributed by atoms with E-state index >= 15 is 0 Å². The van der Waals surface area contributed by atoms with Gasteiger partial charge in [-0.15, -0.1) is 0 Å². The van der Waals surface area contributed by atoms with Gasteiger partial charge in [-0.3, -0.25) is 0 Å². The highest BCUT2D eigenvalue weighted by atomic mass is 16.5. The van der Waals surface area contributed by atoms with Gasteiger partial charge in [-0.05, 0) is 38.6 Å². The van der Waals surface area contributed by atoms with Crippen molar-refractivity contribution in [1.82, 2.24) is 5.32 Å². The molecule has 0 spiro atoms. The van der Waals surface area contributed by atoms with Gasteiger partial charge in [-0.2, -0.15) is 0 Å². The fourth-order valence-electron chi connectivity index (χ4n) is 2.94. The molecule has 0 saturated heterocycles. The standard InChI is InChI=1S/C18H39NO/c1-6-11-13-16(9-4)15-17(19-14-8-3)18(12-7-2)20-10-5/h16-19H,6-15H2,1-5H3. The Morgan fingerprint density at radius 2 is 1.65 bits per heavy atom. The van der Waals surface area contributed by atoms with E-state index in [0.717, 1.165) is 19.1 Å². The third-order valence-electron chi connectivity index (χ3n) is 4.19. The summed E-state index contributed by atoms with van der Waals surface area (Å²) >= 11 is 0. The maximum Gasteiger partial charge on any atom is 0.0727 e. The Hall–Kier alpha value is -0.0800. The van der Waals surface area contributed by atoms with Crippen molar-refractivity contribution in [3.05, 3.63) is 0 Å². The molecule has 2 heteroatoms. The minimum absolute atomic E-state index is 0.396. The first-order valence-corrected chi connectivity index (χ1v) is 9.08. The van der Waals surface area contributed by atoms with E-state index in [0.29, 0.717) is 12.1 Å². The van der Waals surface area contributed by atoms with Crippen LogP contribution in [-0.4, -0.2) is 25.3 Å². The second-order valence-electron chi connectivity index (χ2n) is 6.00. The van der Waals surface area contributed by atoms with Crippen molar-refractivity contribution in [3.63, 3.8) is 0 Å². The van der Waals surface area contributed by atoms with Gasteiger partial charge in [0.05, 0.1) is 6.10 Å². The summed E-state index contributed by atoms with van der Waals surface area (Å²) in [4.78, 5) is 0. The van der Waals surface area contributed by atoms with Crippen LogP contribution in [0.4, 0.5) is 0 Å². The fourth-order valence-corrected chi connectivity index (χ4v) is 2.94. The molecule has 3 atom stereocenters. The summed E-state index contributed by atoms with van der Waals surface area (Å²) in [7, 11) is 0. The normalized spacial score (nSPS) is 16.1. The van der Waals surface area contributed by atoms with Crippen molar-refractivity contribution in [1.29, 1.82) is 0 Å². The lowest BCUT2D eigenvalue weighted by molar-refractivity contribution is 0.0209. The molecule has 1 N–H and O–H groups in total. The van der Waals surface area contributed by atoms with Crippen LogP contribution in [0.25, 0.3) is 0 Å². The van der Waals surface area contributed by atoms with E-state index in [1.165, 1.54) is 51.4 Å². The van der Waals surface area contributed by atoms with Crippen LogP contribution < -0.4 is 5.32 Å². The van der Waals surface area contributed by atoms with E-state index in [2.05, 4.69) is 39.9 Å². The minimum atomic E-state index is 0.396. The molecule has 0 aromatic carbocycles. The molecule has 0 bridgehead atoms. The van der Waals surface area contributed by atoms with Gasteiger partial charge in [0.2, 0.25) is 0 Å². The van der Waals surface area contributed by atoms with Gasteiger partial charge in [-0.25, -0.2) is 0 Å². The Balaban J connectivity index is 4.54. The minimum Gasteiger partial charge on any atom is -0.377 e. The van der Waals surface area contributed by atoms with Gasteiger partial charge in [0.15, 0.2) is 0 Å². The van der Waals surface area contributed by atoms with Gasteiger partial charge >= 0.3 is 0 Å². The van der Waals surface area contributed by atoms with Gasteiger partial charge in [0.1, 0.15) is 0 Å². The number of hydrogen-bond acceptors (Lipinski definition) is 2. The van der Waals surface area contributed by atoms with Crippen LogP contribution in [0.5, 0.6) is 0 Å². The van der Waals surface area contributed by atoms with Gasteiger partial charge in [-0.1, -0.05) is 59.8 Å². The molecular formula is C18H39NO. The lowest BCUT2D eigenvalue weighted by atomic mass is 9.89. The van der Waals surface area contributed by atoms with Crippen molar-refractivity contribution in [3.8, 4) is 0 Å². The van der Waals surface area contributed by atoms with Crippen LogP contribution in [0.2, 0.25) is 0 Å². The molecule has 3 unspecified atom stereocenters. The molecule has 0 saturated carbocycles. The summed E-state index contributed by atoms with van der Waals surface area (Å²) < 4.78 is 6.03. The topological polar surface area (TPSA) is 21.3 Å². The Kier molecular flexibility index (Phi) is 13.8. The third kappa shape index (κ3) is 8.97. The highest BCUT2D eigenvalue weighted by Crippen LogP contribution is 2.22. The molecule has 0 fully saturated rings. The number of unbranched alkanes of at least 4 members (excludes halogenated alkanes) is 1. The maximum absolute atomic E-state index is 6.03. The van der Waals surface area contributed by atoms with E-state index in [1.54, 1.807) is 0 Å². The number of hydrogen-bond donors (Lipinski definition) is 1. The molecule has 0 radical (unpaired) electrons. The monoisotopic (exact) mass is 285 g/mol. The van der Waals surface area contributed by atoms with Crippen LogP contribution in [-0.2, 0) is 4.74 Å². The number of rotatable bonds is 14. The van der Waals surface area contributed by atoms with Crippen molar-refractivity contribution in [2.75, 3.05) is 13.2 Å². The second-order valence-corrected chi connectivity index (χ2v) is 6.00. The van der Waals surface area contributed by atoms with Gasteiger partial charge in [0, 0.05) is 12.6 Å². The molecule has 0 aromatic rings. The summed E-state index contributed by atoms with van der Waals surface area (Å²) in [6, 6.07) is 0.539. The molecule has 0 aliphatic rings. The number of nitrogens with one attached hydrogen (secondary N) is 1. The first kappa shape index (κ1) is 19.9. The molecule has 122 valence electrons. The quantitative estimate of drug-likeness (QED) is 0.475. The zero-order chi connectivity index (χ0) is 15.2. The molecule has 0 amide bonds. The first-order chi connectivity index (χ1) is 9.73. The molecule has 2 nitrogen and oxygen atoms in total. The van der Waals surface area contributed by atoms with Crippen LogP contribution in [0.3, 0.4) is 0 Å². The van der Waals surface area contributed by atoms with E-state index in [9.17, 15) is 0 Å². The smallest absolute Gasteiger partial charge is 0.0727 e.